The Morgan fingerprint density at radius 1 is 1.55 bits per heavy atom. The van der Waals surface area contributed by atoms with Crippen LogP contribution in [-0.2, 0) is 4.74 Å². The molecule has 0 aromatic carbocycles. The highest BCUT2D eigenvalue weighted by molar-refractivity contribution is 7.45. The van der Waals surface area contributed by atoms with Crippen LogP contribution in [0.15, 0.2) is 11.6 Å². The Morgan fingerprint density at radius 3 is 2.55 bits per heavy atom. The van der Waals surface area contributed by atoms with Gasteiger partial charge in [0.25, 0.3) is 0 Å². The lowest BCUT2D eigenvalue weighted by Crippen LogP contribution is -2.37. The first-order valence-electron chi connectivity index (χ1n) is 3.67. The van der Waals surface area contributed by atoms with Crippen LogP contribution in [0.3, 0.4) is 0 Å². The average Bonchev–Trinajstić information content (AvgIpc) is 1.73. The summed E-state index contributed by atoms with van der Waals surface area (Å²) in [4.78, 5) is 0. The predicted molar refractivity (Wildman–Crippen MR) is 48.9 cm³/mol. The quantitative estimate of drug-likeness (QED) is 0.351. The second-order valence-electron chi connectivity index (χ2n) is 3.60. The normalized spacial score (nSPS) is 17.2. The zero-order valence-corrected chi connectivity index (χ0v) is 8.19. The van der Waals surface area contributed by atoms with Crippen LogP contribution < -0.4 is 0 Å². The van der Waals surface area contributed by atoms with Gasteiger partial charge in [-0.3, -0.25) is 8.20 Å². The van der Waals surface area contributed by atoms with Gasteiger partial charge in [-0.05, 0) is 5.76 Å². The Labute approximate surface area is 69.9 Å². The maximum Gasteiger partial charge on any atom is 0.132 e. The molecule has 0 N–H and O–H groups in total. The molecule has 0 atom stereocenters. The van der Waals surface area contributed by atoms with Crippen molar-refractivity contribution in [1.29, 1.82) is 0 Å². The highest BCUT2D eigenvalue weighted by Crippen LogP contribution is 2.15. The lowest BCUT2D eigenvalue weighted by Gasteiger charge is -2.26. The lowest BCUT2D eigenvalue weighted by molar-refractivity contribution is -0.870. The van der Waals surface area contributed by atoms with Crippen LogP contribution >= 0.6 is 8.20 Å². The van der Waals surface area contributed by atoms with Gasteiger partial charge in [0.05, 0.1) is 21.1 Å². The molecule has 0 fully saturated rings. The summed E-state index contributed by atoms with van der Waals surface area (Å²) in [6.07, 6.45) is 0. The number of quaternary nitrogens is 1. The SMILES string of the molecule is C[N+](C)(C)CCOC1=CP=[C-]1. The highest BCUT2D eigenvalue weighted by atomic mass is 31.1. The van der Waals surface area contributed by atoms with E-state index in [4.69, 9.17) is 4.74 Å². The molecule has 0 unspecified atom stereocenters. The first-order chi connectivity index (χ1) is 5.08. The maximum absolute atomic E-state index is 5.38. The summed E-state index contributed by atoms with van der Waals surface area (Å²) in [5.41, 5.74) is 0. The summed E-state index contributed by atoms with van der Waals surface area (Å²) >= 11 is 0. The summed E-state index contributed by atoms with van der Waals surface area (Å²) in [6, 6.07) is 0. The number of ether oxygens (including phenoxy) is 1. The molecule has 0 aliphatic carbocycles. The molecule has 11 heavy (non-hydrogen) atoms. The van der Waals surface area contributed by atoms with E-state index in [-0.39, 0.29) is 0 Å². The Morgan fingerprint density at radius 2 is 2.18 bits per heavy atom. The van der Waals surface area contributed by atoms with E-state index in [0.717, 1.165) is 31.6 Å². The van der Waals surface area contributed by atoms with Crippen molar-refractivity contribution in [1.82, 2.24) is 0 Å². The van der Waals surface area contributed by atoms with Crippen LogP contribution in [0.1, 0.15) is 0 Å². The van der Waals surface area contributed by atoms with Crippen LogP contribution in [0.4, 0.5) is 0 Å². The molecule has 0 aromatic rings. The number of hydrogen-bond acceptors (Lipinski definition) is 1. The van der Waals surface area contributed by atoms with Gasteiger partial charge in [-0.1, -0.05) is 0 Å². The van der Waals surface area contributed by atoms with Crippen LogP contribution in [-0.4, -0.2) is 44.6 Å². The minimum atomic E-state index is 0.790. The fraction of sp³-hybridized carbons (Fsp3) is 0.625. The molecule has 1 heterocycles. The largest absolute Gasteiger partial charge is 0.525 e. The van der Waals surface area contributed by atoms with E-state index in [1.54, 1.807) is 0 Å². The van der Waals surface area contributed by atoms with Gasteiger partial charge in [-0.25, -0.2) is 0 Å². The topological polar surface area (TPSA) is 9.23 Å². The molecule has 62 valence electrons. The molecule has 0 saturated heterocycles. The van der Waals surface area contributed by atoms with Crippen LogP contribution in [0.2, 0.25) is 0 Å². The second kappa shape index (κ2) is 3.38. The third kappa shape index (κ3) is 3.54. The number of hydrogen-bond donors (Lipinski definition) is 0. The maximum atomic E-state index is 5.38. The van der Waals surface area contributed by atoms with Gasteiger partial charge >= 0.3 is 0 Å². The molecule has 0 aromatic heterocycles. The van der Waals surface area contributed by atoms with Crippen molar-refractivity contribution in [3.63, 3.8) is 0 Å². The minimum absolute atomic E-state index is 0.790. The zero-order valence-electron chi connectivity index (χ0n) is 7.29. The van der Waals surface area contributed by atoms with Crippen molar-refractivity contribution < 1.29 is 9.22 Å². The van der Waals surface area contributed by atoms with Gasteiger partial charge < -0.3 is 9.22 Å². The number of allylic oxidation sites excluding steroid dienone is 1. The van der Waals surface area contributed by atoms with Gasteiger partial charge in [0.15, 0.2) is 0 Å². The summed E-state index contributed by atoms with van der Waals surface area (Å²) in [6.45, 7) is 1.83. The molecular formula is C8H14NOP. The van der Waals surface area contributed by atoms with E-state index < -0.39 is 0 Å². The van der Waals surface area contributed by atoms with Crippen molar-refractivity contribution in [2.24, 2.45) is 0 Å². The van der Waals surface area contributed by atoms with Crippen LogP contribution in [0.25, 0.3) is 0 Å². The summed E-state index contributed by atoms with van der Waals surface area (Å²) in [5, 5.41) is 0. The van der Waals surface area contributed by atoms with Crippen molar-refractivity contribution in [2.75, 3.05) is 34.3 Å². The summed E-state index contributed by atoms with van der Waals surface area (Å²) in [7, 11) is 7.63. The van der Waals surface area contributed by atoms with Crippen LogP contribution in [0.5, 0.6) is 0 Å². The standard InChI is InChI=1S/C8H14NOP/c1-9(2,3)4-5-10-8-6-11-7-8/h6H,4-5H2,1-3H3. The first-order valence-corrected chi connectivity index (χ1v) is 4.63. The molecule has 0 saturated carbocycles. The third-order valence-electron chi connectivity index (χ3n) is 1.38. The Kier molecular flexibility index (Phi) is 2.69. The monoisotopic (exact) mass is 171 g/mol. The molecule has 1 aliphatic rings. The Bertz CT molecular complexity index is 191. The fourth-order valence-electron chi connectivity index (χ4n) is 0.616. The molecule has 1 aliphatic heterocycles. The van der Waals surface area contributed by atoms with Crippen LogP contribution in [0, 0.1) is 0 Å². The molecule has 1 rings (SSSR count). The Hall–Kier alpha value is -0.330. The third-order valence-corrected chi connectivity index (χ3v) is 2.09. The lowest BCUT2D eigenvalue weighted by atomic mass is 10.5. The van der Waals surface area contributed by atoms with E-state index in [2.05, 4.69) is 26.9 Å². The smallest absolute Gasteiger partial charge is 0.132 e. The second-order valence-corrected chi connectivity index (χ2v) is 4.34. The van der Waals surface area contributed by atoms with E-state index in [0.29, 0.717) is 0 Å². The molecule has 0 spiro atoms. The van der Waals surface area contributed by atoms with Gasteiger partial charge in [0.2, 0.25) is 0 Å². The minimum Gasteiger partial charge on any atom is -0.525 e. The predicted octanol–water partition coefficient (Wildman–Crippen LogP) is 1.19. The Balaban J connectivity index is 2.05. The summed E-state index contributed by atoms with van der Waals surface area (Å²) < 4.78 is 6.33. The first kappa shape index (κ1) is 8.76. The molecular weight excluding hydrogens is 157 g/mol. The molecule has 3 heteroatoms. The van der Waals surface area contributed by atoms with E-state index in [1.807, 2.05) is 5.82 Å². The van der Waals surface area contributed by atoms with Gasteiger partial charge in [-0.2, -0.15) is 11.6 Å². The zero-order chi connectivity index (χ0) is 8.32. The number of likely N-dealkylation sites (N-methyl/N-ethyl adjacent to an activating group) is 1. The number of rotatable bonds is 4. The van der Waals surface area contributed by atoms with Crippen molar-refractivity contribution >= 4 is 14.0 Å². The van der Waals surface area contributed by atoms with E-state index >= 15 is 0 Å². The van der Waals surface area contributed by atoms with Gasteiger partial charge in [0.1, 0.15) is 13.2 Å². The fourth-order valence-corrected chi connectivity index (χ4v) is 0.990. The molecule has 2 nitrogen and oxygen atoms in total. The molecule has 0 radical (unpaired) electrons. The van der Waals surface area contributed by atoms with Crippen molar-refractivity contribution in [3.8, 4) is 0 Å². The highest BCUT2D eigenvalue weighted by Gasteiger charge is 2.05. The van der Waals surface area contributed by atoms with Gasteiger partial charge in [0, 0.05) is 0 Å². The number of nitrogens with zero attached hydrogens (tertiary/aromatic N) is 1. The van der Waals surface area contributed by atoms with Crippen molar-refractivity contribution in [3.05, 3.63) is 11.6 Å². The van der Waals surface area contributed by atoms with E-state index in [1.165, 1.54) is 0 Å². The molecule has 0 amide bonds. The summed E-state index contributed by atoms with van der Waals surface area (Å²) in [5.74, 6) is 5.99. The van der Waals surface area contributed by atoms with E-state index in [9.17, 15) is 0 Å². The molecule has 0 bridgehead atoms. The average molecular weight is 171 g/mol. The van der Waals surface area contributed by atoms with Gasteiger partial charge in [-0.15, -0.1) is 0 Å². The van der Waals surface area contributed by atoms with Crippen molar-refractivity contribution in [2.45, 2.75) is 0 Å².